The van der Waals surface area contributed by atoms with E-state index in [1.165, 1.54) is 31.4 Å². The van der Waals surface area contributed by atoms with Gasteiger partial charge in [-0.25, -0.2) is 14.4 Å². The van der Waals surface area contributed by atoms with Crippen LogP contribution in [0.5, 0.6) is 17.2 Å². The van der Waals surface area contributed by atoms with E-state index in [4.69, 9.17) is 18.6 Å². The molecule has 3 heterocycles. The van der Waals surface area contributed by atoms with Crippen LogP contribution in [0, 0.1) is 0 Å². The zero-order valence-corrected chi connectivity index (χ0v) is 22.6. The lowest BCUT2D eigenvalue weighted by Crippen LogP contribution is -2.30. The van der Waals surface area contributed by atoms with E-state index in [1.54, 1.807) is 24.3 Å². The number of methoxy groups -OCH3 is 1. The second-order valence-corrected chi connectivity index (χ2v) is 9.67. The monoisotopic (exact) mass is 646 g/mol. The van der Waals surface area contributed by atoms with Crippen molar-refractivity contribution in [3.63, 3.8) is 0 Å². The van der Waals surface area contributed by atoms with Crippen molar-refractivity contribution in [2.45, 2.75) is 6.54 Å². The first kappa shape index (κ1) is 25.5. The maximum atomic E-state index is 13.0. The summed E-state index contributed by atoms with van der Waals surface area (Å²) in [5.74, 6) is -0.783. The van der Waals surface area contributed by atoms with Gasteiger partial charge in [-0.3, -0.25) is 9.69 Å². The van der Waals surface area contributed by atoms with Gasteiger partial charge in [0.25, 0.3) is 5.91 Å². The number of nitrogens with one attached hydrogen (secondary N) is 1. The van der Waals surface area contributed by atoms with Gasteiger partial charge in [0, 0.05) is 10.0 Å². The van der Waals surface area contributed by atoms with Gasteiger partial charge in [0.1, 0.15) is 11.5 Å². The van der Waals surface area contributed by atoms with Crippen LogP contribution in [0.25, 0.3) is 6.08 Å². The van der Waals surface area contributed by atoms with Gasteiger partial charge in [-0.1, -0.05) is 15.9 Å². The van der Waals surface area contributed by atoms with Crippen molar-refractivity contribution in [3.8, 4) is 17.2 Å². The van der Waals surface area contributed by atoms with E-state index in [-0.39, 0.29) is 41.9 Å². The summed E-state index contributed by atoms with van der Waals surface area (Å²) in [6.45, 7) is -0.153. The molecule has 0 unspecified atom stereocenters. The molecule has 0 bridgehead atoms. The van der Waals surface area contributed by atoms with E-state index >= 15 is 0 Å². The first-order valence-electron chi connectivity index (χ1n) is 10.9. The fourth-order valence-corrected chi connectivity index (χ4v) is 5.01. The smallest absolute Gasteiger partial charge is 0.373 e. The normalized spacial score (nSPS) is 15.1. The Hall–Kier alpha value is -4.10. The van der Waals surface area contributed by atoms with Crippen LogP contribution in [0.4, 0.5) is 4.79 Å². The van der Waals surface area contributed by atoms with Gasteiger partial charge in [-0.15, -0.1) is 0 Å². The van der Waals surface area contributed by atoms with Gasteiger partial charge in [-0.05, 0) is 64.5 Å². The third-order valence-electron chi connectivity index (χ3n) is 5.46. The van der Waals surface area contributed by atoms with Crippen molar-refractivity contribution < 1.29 is 42.5 Å². The van der Waals surface area contributed by atoms with Crippen LogP contribution in [0.15, 0.2) is 61.5 Å². The van der Waals surface area contributed by atoms with Crippen molar-refractivity contribution in [2.24, 2.45) is 0 Å². The molecule has 1 fully saturated rings. The lowest BCUT2D eigenvalue weighted by molar-refractivity contribution is -0.123. The van der Waals surface area contributed by atoms with Crippen LogP contribution in [0.1, 0.15) is 32.2 Å². The minimum absolute atomic E-state index is 0.0554. The molecule has 13 heteroatoms. The Morgan fingerprint density at radius 1 is 1.05 bits per heavy atom. The van der Waals surface area contributed by atoms with E-state index in [1.807, 2.05) is 0 Å². The number of amides is 3. The number of benzene rings is 2. The average molecular weight is 648 g/mol. The molecule has 3 aromatic rings. The average Bonchev–Trinajstić information content (AvgIpc) is 3.62. The highest BCUT2D eigenvalue weighted by molar-refractivity contribution is 9.11. The van der Waals surface area contributed by atoms with E-state index in [9.17, 15) is 19.2 Å². The number of halogens is 2. The number of ether oxygens (including phenoxy) is 4. The number of hydrogen-bond acceptors (Lipinski definition) is 9. The molecule has 0 atom stereocenters. The van der Waals surface area contributed by atoms with E-state index in [2.05, 4.69) is 41.9 Å². The number of esters is 2. The molecule has 0 radical (unpaired) electrons. The number of carbonyl (C=O) groups excluding carboxylic acids is 4. The molecular weight excluding hydrogens is 632 g/mol. The third-order valence-corrected chi connectivity index (χ3v) is 6.51. The van der Waals surface area contributed by atoms with Gasteiger partial charge in [0.15, 0.2) is 17.2 Å². The van der Waals surface area contributed by atoms with Crippen molar-refractivity contribution in [1.82, 2.24) is 10.2 Å². The second-order valence-electron chi connectivity index (χ2n) is 7.90. The van der Waals surface area contributed by atoms with Crippen molar-refractivity contribution in [2.75, 3.05) is 13.9 Å². The van der Waals surface area contributed by atoms with Gasteiger partial charge < -0.3 is 28.7 Å². The summed E-state index contributed by atoms with van der Waals surface area (Å²) in [6, 6.07) is 10.1. The molecule has 0 saturated carbocycles. The molecule has 1 aromatic heterocycles. The number of rotatable bonds is 6. The first-order chi connectivity index (χ1) is 18.2. The minimum Gasteiger partial charge on any atom is -0.463 e. The Labute approximate surface area is 231 Å². The van der Waals surface area contributed by atoms with Gasteiger partial charge in [0.05, 0.1) is 23.7 Å². The largest absolute Gasteiger partial charge is 0.463 e. The molecule has 1 N–H and O–H groups in total. The Kier molecular flexibility index (Phi) is 6.95. The number of carbonyl (C=O) groups is 4. The van der Waals surface area contributed by atoms with E-state index in [0.717, 1.165) is 4.90 Å². The van der Waals surface area contributed by atoms with Crippen molar-refractivity contribution in [3.05, 3.63) is 79.8 Å². The number of imide groups is 1. The summed E-state index contributed by atoms with van der Waals surface area (Å²) < 4.78 is 27.2. The molecule has 0 spiro atoms. The molecule has 194 valence electrons. The summed E-state index contributed by atoms with van der Waals surface area (Å²) in [7, 11) is 1.21. The number of fused-ring (bicyclic) bond motifs is 1. The van der Waals surface area contributed by atoms with Crippen molar-refractivity contribution >= 4 is 61.8 Å². The molecule has 1 saturated heterocycles. The lowest BCUT2D eigenvalue weighted by Gasteiger charge is -2.12. The fourth-order valence-electron chi connectivity index (χ4n) is 3.67. The van der Waals surface area contributed by atoms with Crippen LogP contribution in [0.2, 0.25) is 0 Å². The van der Waals surface area contributed by atoms with E-state index in [0.29, 0.717) is 26.0 Å². The number of nitrogens with zero attached hydrogens (tertiary/aromatic N) is 1. The highest BCUT2D eigenvalue weighted by Gasteiger charge is 2.35. The van der Waals surface area contributed by atoms with Gasteiger partial charge in [0.2, 0.25) is 12.6 Å². The predicted molar refractivity (Wildman–Crippen MR) is 136 cm³/mol. The maximum Gasteiger partial charge on any atom is 0.373 e. The SMILES string of the molecule is COC(=O)c1ccc(CN2C(=O)N/C(=C/c3cc(Br)cc(Br)c3OC(=O)c3ccc4c(c3)OCO4)C2=O)o1. The predicted octanol–water partition coefficient (Wildman–Crippen LogP) is 4.63. The molecule has 0 aliphatic carbocycles. The molecule has 3 amide bonds. The summed E-state index contributed by atoms with van der Waals surface area (Å²) in [6.07, 6.45) is 1.39. The molecule has 2 aliphatic rings. The molecule has 38 heavy (non-hydrogen) atoms. The highest BCUT2D eigenvalue weighted by atomic mass is 79.9. The summed E-state index contributed by atoms with van der Waals surface area (Å²) in [5, 5.41) is 2.51. The van der Waals surface area contributed by atoms with Crippen LogP contribution < -0.4 is 19.5 Å². The van der Waals surface area contributed by atoms with Crippen LogP contribution in [0.3, 0.4) is 0 Å². The number of urea groups is 1. The summed E-state index contributed by atoms with van der Waals surface area (Å²) in [5.41, 5.74) is 0.501. The van der Waals surface area contributed by atoms with Gasteiger partial charge >= 0.3 is 18.0 Å². The Morgan fingerprint density at radius 3 is 2.63 bits per heavy atom. The maximum absolute atomic E-state index is 13.0. The molecule has 2 aromatic carbocycles. The Morgan fingerprint density at radius 2 is 1.84 bits per heavy atom. The lowest BCUT2D eigenvalue weighted by atomic mass is 10.1. The standard InChI is InChI=1S/C25H16Br2N2O9/c1-34-24(32)19-5-3-15(37-19)10-29-22(30)17(28-25(29)33)7-13-6-14(26)9-16(27)21(13)38-23(31)12-2-4-18-20(8-12)36-11-35-18/h2-9H,10-11H2,1H3,(H,28,33)/b17-7+. The topological polar surface area (TPSA) is 134 Å². The molecular formula is C25H16Br2N2O9. The number of furan rings is 1. The quantitative estimate of drug-likeness (QED) is 0.176. The van der Waals surface area contributed by atoms with E-state index < -0.39 is 23.9 Å². The van der Waals surface area contributed by atoms with Crippen LogP contribution in [-0.2, 0) is 16.1 Å². The Balaban J connectivity index is 1.39. The second kappa shape index (κ2) is 10.3. The first-order valence-corrected chi connectivity index (χ1v) is 12.4. The molecule has 11 nitrogen and oxygen atoms in total. The highest BCUT2D eigenvalue weighted by Crippen LogP contribution is 2.37. The third kappa shape index (κ3) is 5.02. The number of hydrogen-bond donors (Lipinski definition) is 1. The van der Waals surface area contributed by atoms with Crippen LogP contribution in [-0.4, -0.2) is 42.7 Å². The minimum atomic E-state index is -0.690. The van der Waals surface area contributed by atoms with Gasteiger partial charge in [-0.2, -0.15) is 0 Å². The fraction of sp³-hybridized carbons (Fsp3) is 0.120. The van der Waals surface area contributed by atoms with Crippen molar-refractivity contribution in [1.29, 1.82) is 0 Å². The van der Waals surface area contributed by atoms with Crippen LogP contribution >= 0.6 is 31.9 Å². The summed E-state index contributed by atoms with van der Waals surface area (Å²) in [4.78, 5) is 51.0. The zero-order chi connectivity index (χ0) is 27.0. The molecule has 5 rings (SSSR count). The molecule has 2 aliphatic heterocycles. The summed E-state index contributed by atoms with van der Waals surface area (Å²) >= 11 is 6.77. The Bertz CT molecular complexity index is 1530. The zero-order valence-electron chi connectivity index (χ0n) is 19.4.